The second kappa shape index (κ2) is 5.40. The Kier molecular flexibility index (Phi) is 3.85. The molecule has 0 bridgehead atoms. The van der Waals surface area contributed by atoms with Gasteiger partial charge >= 0.3 is 0 Å². The van der Waals surface area contributed by atoms with E-state index in [9.17, 15) is 9.18 Å². The summed E-state index contributed by atoms with van der Waals surface area (Å²) in [6.07, 6.45) is 0. The summed E-state index contributed by atoms with van der Waals surface area (Å²) in [6, 6.07) is 9.16. The fourth-order valence-corrected chi connectivity index (χ4v) is 1.99. The van der Waals surface area contributed by atoms with Gasteiger partial charge in [0.1, 0.15) is 5.82 Å². The van der Waals surface area contributed by atoms with Gasteiger partial charge < -0.3 is 11.1 Å². The number of anilines is 2. The summed E-state index contributed by atoms with van der Waals surface area (Å²) in [4.78, 5) is 12.0. The van der Waals surface area contributed by atoms with Crippen molar-refractivity contribution >= 4 is 33.2 Å². The molecule has 0 aliphatic rings. The van der Waals surface area contributed by atoms with Gasteiger partial charge in [-0.15, -0.1) is 0 Å². The number of hydrogen-bond donors (Lipinski definition) is 2. The number of hydrogen-bond acceptors (Lipinski definition) is 2. The van der Waals surface area contributed by atoms with E-state index < -0.39 is 5.82 Å². The topological polar surface area (TPSA) is 55.1 Å². The molecule has 3 N–H and O–H groups in total. The minimum atomic E-state index is -0.466. The van der Waals surface area contributed by atoms with E-state index in [1.807, 2.05) is 13.0 Å². The third kappa shape index (κ3) is 3.12. The smallest absolute Gasteiger partial charge is 0.257 e. The summed E-state index contributed by atoms with van der Waals surface area (Å²) >= 11 is 3.39. The molecule has 0 radical (unpaired) electrons. The van der Waals surface area contributed by atoms with Crippen molar-refractivity contribution in [2.75, 3.05) is 11.1 Å². The first kappa shape index (κ1) is 13.5. The van der Waals surface area contributed by atoms with Crippen LogP contribution in [0.3, 0.4) is 0 Å². The molecule has 0 atom stereocenters. The highest BCUT2D eigenvalue weighted by Crippen LogP contribution is 2.22. The molecule has 0 saturated heterocycles. The maximum atomic E-state index is 12.9. The molecule has 2 aromatic carbocycles. The van der Waals surface area contributed by atoms with E-state index in [2.05, 4.69) is 21.2 Å². The molecule has 1 amide bonds. The first-order chi connectivity index (χ1) is 8.97. The summed E-state index contributed by atoms with van der Waals surface area (Å²) in [5, 5.41) is 2.72. The third-order valence-corrected chi connectivity index (χ3v) is 3.54. The normalized spacial score (nSPS) is 10.3. The van der Waals surface area contributed by atoms with Gasteiger partial charge in [0.15, 0.2) is 0 Å². The Hall–Kier alpha value is -1.88. The predicted octanol–water partition coefficient (Wildman–Crippen LogP) is 3.73. The summed E-state index contributed by atoms with van der Waals surface area (Å²) in [7, 11) is 0. The first-order valence-electron chi connectivity index (χ1n) is 5.60. The Bertz CT molecular complexity index is 643. The number of aryl methyl sites for hydroxylation is 1. The van der Waals surface area contributed by atoms with Crippen molar-refractivity contribution in [3.05, 3.63) is 57.8 Å². The van der Waals surface area contributed by atoms with Gasteiger partial charge in [0.05, 0.1) is 5.56 Å². The number of carbonyl (C=O) groups excluding carboxylic acids is 1. The molecule has 0 saturated carbocycles. The lowest BCUT2D eigenvalue weighted by Gasteiger charge is -2.08. The Morgan fingerprint density at radius 3 is 2.63 bits per heavy atom. The van der Waals surface area contributed by atoms with E-state index >= 15 is 0 Å². The summed E-state index contributed by atoms with van der Waals surface area (Å²) in [6.45, 7) is 1.95. The lowest BCUT2D eigenvalue weighted by Crippen LogP contribution is -2.14. The number of nitrogens with one attached hydrogen (secondary N) is 1. The zero-order chi connectivity index (χ0) is 14.0. The van der Waals surface area contributed by atoms with Gasteiger partial charge in [-0.3, -0.25) is 4.79 Å². The van der Waals surface area contributed by atoms with E-state index in [0.717, 1.165) is 16.1 Å². The quantitative estimate of drug-likeness (QED) is 0.828. The van der Waals surface area contributed by atoms with E-state index in [1.165, 1.54) is 12.1 Å². The number of halogens is 2. The second-order valence-electron chi connectivity index (χ2n) is 4.15. The molecule has 0 aliphatic carbocycles. The monoisotopic (exact) mass is 322 g/mol. The van der Waals surface area contributed by atoms with E-state index in [0.29, 0.717) is 5.69 Å². The van der Waals surface area contributed by atoms with Gasteiger partial charge in [0, 0.05) is 15.8 Å². The SMILES string of the molecule is Cc1ccc(NC(=O)c2ccc(F)cc2N)cc1Br. The summed E-state index contributed by atoms with van der Waals surface area (Å²) in [5.74, 6) is -0.833. The van der Waals surface area contributed by atoms with Gasteiger partial charge in [-0.25, -0.2) is 4.39 Å². The molecule has 0 aliphatic heterocycles. The first-order valence-corrected chi connectivity index (χ1v) is 6.39. The van der Waals surface area contributed by atoms with Gasteiger partial charge in [-0.1, -0.05) is 22.0 Å². The predicted molar refractivity (Wildman–Crippen MR) is 77.6 cm³/mol. The van der Waals surface area contributed by atoms with Crippen LogP contribution in [0.15, 0.2) is 40.9 Å². The molecular weight excluding hydrogens is 311 g/mol. The molecule has 0 unspecified atom stereocenters. The molecule has 3 nitrogen and oxygen atoms in total. The number of benzene rings is 2. The highest BCUT2D eigenvalue weighted by molar-refractivity contribution is 9.10. The standard InChI is InChI=1S/C14H12BrFN2O/c1-8-2-4-10(7-12(8)15)18-14(19)11-5-3-9(16)6-13(11)17/h2-7H,17H2,1H3,(H,18,19). The number of rotatable bonds is 2. The molecule has 2 aromatic rings. The van der Waals surface area contributed by atoms with Crippen molar-refractivity contribution in [1.29, 1.82) is 0 Å². The van der Waals surface area contributed by atoms with E-state index in [4.69, 9.17) is 5.73 Å². The molecule has 2 rings (SSSR count). The van der Waals surface area contributed by atoms with Crippen molar-refractivity contribution in [3.8, 4) is 0 Å². The maximum absolute atomic E-state index is 12.9. The zero-order valence-electron chi connectivity index (χ0n) is 10.2. The van der Waals surface area contributed by atoms with Crippen LogP contribution in [0.25, 0.3) is 0 Å². The second-order valence-corrected chi connectivity index (χ2v) is 5.00. The molecule has 19 heavy (non-hydrogen) atoms. The molecule has 98 valence electrons. The average molecular weight is 323 g/mol. The Morgan fingerprint density at radius 2 is 2.00 bits per heavy atom. The fourth-order valence-electron chi connectivity index (χ4n) is 1.61. The third-order valence-electron chi connectivity index (χ3n) is 2.69. The highest BCUT2D eigenvalue weighted by Gasteiger charge is 2.11. The van der Waals surface area contributed by atoms with Crippen molar-refractivity contribution in [1.82, 2.24) is 0 Å². The van der Waals surface area contributed by atoms with Crippen molar-refractivity contribution < 1.29 is 9.18 Å². The number of carbonyl (C=O) groups is 1. The van der Waals surface area contributed by atoms with Crippen molar-refractivity contribution in [3.63, 3.8) is 0 Å². The van der Waals surface area contributed by atoms with Crippen LogP contribution in [-0.2, 0) is 0 Å². The lowest BCUT2D eigenvalue weighted by atomic mass is 10.1. The number of amides is 1. The fraction of sp³-hybridized carbons (Fsp3) is 0.0714. The van der Waals surface area contributed by atoms with Crippen LogP contribution in [0.2, 0.25) is 0 Å². The van der Waals surface area contributed by atoms with Crippen LogP contribution in [0.1, 0.15) is 15.9 Å². The molecular formula is C14H12BrFN2O. The minimum Gasteiger partial charge on any atom is -0.398 e. The largest absolute Gasteiger partial charge is 0.398 e. The van der Waals surface area contributed by atoms with Gasteiger partial charge in [0.25, 0.3) is 5.91 Å². The number of nitrogen functional groups attached to an aromatic ring is 1. The number of nitrogens with two attached hydrogens (primary N) is 1. The van der Waals surface area contributed by atoms with E-state index in [1.54, 1.807) is 12.1 Å². The van der Waals surface area contributed by atoms with Crippen molar-refractivity contribution in [2.45, 2.75) is 6.92 Å². The average Bonchev–Trinajstić information content (AvgIpc) is 2.33. The minimum absolute atomic E-state index is 0.115. The van der Waals surface area contributed by atoms with Crippen LogP contribution in [-0.4, -0.2) is 5.91 Å². The van der Waals surface area contributed by atoms with Crippen LogP contribution in [0.4, 0.5) is 15.8 Å². The summed E-state index contributed by atoms with van der Waals surface area (Å²) in [5.41, 5.74) is 7.70. The van der Waals surface area contributed by atoms with Crippen LogP contribution < -0.4 is 11.1 Å². The molecule has 0 heterocycles. The maximum Gasteiger partial charge on any atom is 0.257 e. The van der Waals surface area contributed by atoms with Crippen LogP contribution in [0.5, 0.6) is 0 Å². The zero-order valence-corrected chi connectivity index (χ0v) is 11.8. The summed E-state index contributed by atoms with van der Waals surface area (Å²) < 4.78 is 13.8. The van der Waals surface area contributed by atoms with Crippen LogP contribution >= 0.6 is 15.9 Å². The Balaban J connectivity index is 2.23. The Morgan fingerprint density at radius 1 is 1.26 bits per heavy atom. The lowest BCUT2D eigenvalue weighted by molar-refractivity contribution is 0.102. The van der Waals surface area contributed by atoms with E-state index in [-0.39, 0.29) is 17.2 Å². The van der Waals surface area contributed by atoms with Gasteiger partial charge in [0.2, 0.25) is 0 Å². The van der Waals surface area contributed by atoms with Crippen molar-refractivity contribution in [2.24, 2.45) is 0 Å². The molecule has 5 heteroatoms. The van der Waals surface area contributed by atoms with Gasteiger partial charge in [-0.2, -0.15) is 0 Å². The molecule has 0 aromatic heterocycles. The van der Waals surface area contributed by atoms with Crippen LogP contribution in [0, 0.1) is 12.7 Å². The van der Waals surface area contributed by atoms with Gasteiger partial charge in [-0.05, 0) is 42.8 Å². The Labute approximate surface area is 118 Å². The highest BCUT2D eigenvalue weighted by atomic mass is 79.9. The molecule has 0 spiro atoms. The molecule has 0 fully saturated rings.